The predicted molar refractivity (Wildman–Crippen MR) is 109 cm³/mol. The van der Waals surface area contributed by atoms with Gasteiger partial charge in [-0.2, -0.15) is 0 Å². The van der Waals surface area contributed by atoms with Crippen molar-refractivity contribution in [2.24, 2.45) is 5.92 Å². The van der Waals surface area contributed by atoms with Crippen LogP contribution in [0.25, 0.3) is 0 Å². The Kier molecular flexibility index (Phi) is 5.87. The Morgan fingerprint density at radius 1 is 1.28 bits per heavy atom. The van der Waals surface area contributed by atoms with Crippen LogP contribution in [-0.2, 0) is 6.54 Å². The van der Waals surface area contributed by atoms with E-state index in [0.29, 0.717) is 11.7 Å². The second kappa shape index (κ2) is 8.30. The fourth-order valence-electron chi connectivity index (χ4n) is 3.20. The van der Waals surface area contributed by atoms with Crippen LogP contribution in [0.1, 0.15) is 30.9 Å². The topological polar surface area (TPSA) is 40.2 Å². The molecule has 0 aliphatic carbocycles. The lowest BCUT2D eigenvalue weighted by molar-refractivity contribution is 0.447. The number of nitrogens with one attached hydrogen (secondary N) is 2. The molecule has 0 amide bonds. The predicted octanol–water partition coefficient (Wildman–Crippen LogP) is 4.11. The van der Waals surface area contributed by atoms with Gasteiger partial charge in [-0.15, -0.1) is 0 Å². The second-order valence-electron chi connectivity index (χ2n) is 6.84. The van der Waals surface area contributed by atoms with E-state index in [0.717, 1.165) is 23.8 Å². The number of nitrogens with zero attached hydrogens (tertiary/aromatic N) is 2. The molecule has 1 aromatic carbocycles. The van der Waals surface area contributed by atoms with Crippen molar-refractivity contribution in [1.29, 1.82) is 0 Å². The molecule has 132 valence electrons. The Bertz CT molecular complexity index is 714. The van der Waals surface area contributed by atoms with Crippen LogP contribution in [0, 0.1) is 12.8 Å². The standard InChI is InChI=1S/C20H26N4S/c1-15-5-4-12-24(14-15)18-9-7-17(8-10-18)13-22-20(25)23-19-16(2)6-3-11-21-19/h3,6-11,15H,4-5,12-14H2,1-2H3,(H2,21,22,23,25)/t15-/m0/s1. The lowest BCUT2D eigenvalue weighted by Crippen LogP contribution is -2.34. The Morgan fingerprint density at radius 2 is 2.08 bits per heavy atom. The first-order valence-corrected chi connectivity index (χ1v) is 9.33. The number of anilines is 2. The Labute approximate surface area is 155 Å². The van der Waals surface area contributed by atoms with Crippen LogP contribution in [0.5, 0.6) is 0 Å². The molecule has 1 aliphatic rings. The Hall–Kier alpha value is -2.14. The van der Waals surface area contributed by atoms with E-state index in [1.807, 2.05) is 19.1 Å². The van der Waals surface area contributed by atoms with E-state index in [9.17, 15) is 0 Å². The first-order chi connectivity index (χ1) is 12.1. The largest absolute Gasteiger partial charge is 0.371 e. The van der Waals surface area contributed by atoms with Crippen LogP contribution in [0.15, 0.2) is 42.6 Å². The quantitative estimate of drug-likeness (QED) is 0.809. The third kappa shape index (κ3) is 4.92. The van der Waals surface area contributed by atoms with Crippen molar-refractivity contribution in [3.05, 3.63) is 53.7 Å². The lowest BCUT2D eigenvalue weighted by Gasteiger charge is -2.32. The van der Waals surface area contributed by atoms with Crippen molar-refractivity contribution in [2.75, 3.05) is 23.3 Å². The molecule has 5 heteroatoms. The maximum Gasteiger partial charge on any atom is 0.172 e. The molecule has 0 unspecified atom stereocenters. The monoisotopic (exact) mass is 354 g/mol. The molecule has 3 rings (SSSR count). The summed E-state index contributed by atoms with van der Waals surface area (Å²) in [5, 5.41) is 6.99. The van der Waals surface area contributed by atoms with Crippen molar-refractivity contribution >= 4 is 28.8 Å². The van der Waals surface area contributed by atoms with Gasteiger partial charge in [0.15, 0.2) is 5.11 Å². The van der Waals surface area contributed by atoms with Gasteiger partial charge in [-0.1, -0.05) is 25.1 Å². The van der Waals surface area contributed by atoms with Crippen LogP contribution in [-0.4, -0.2) is 23.2 Å². The summed E-state index contributed by atoms with van der Waals surface area (Å²) in [4.78, 5) is 6.79. The summed E-state index contributed by atoms with van der Waals surface area (Å²) >= 11 is 5.37. The van der Waals surface area contributed by atoms with Gasteiger partial charge in [0.2, 0.25) is 0 Å². The molecule has 1 saturated heterocycles. The van der Waals surface area contributed by atoms with Crippen molar-refractivity contribution in [3.8, 4) is 0 Å². The van der Waals surface area contributed by atoms with Crippen molar-refractivity contribution in [1.82, 2.24) is 10.3 Å². The molecular formula is C20H26N4S. The van der Waals surface area contributed by atoms with Gasteiger partial charge in [0.05, 0.1) is 0 Å². The minimum atomic E-state index is 0.593. The molecule has 1 atom stereocenters. The summed E-state index contributed by atoms with van der Waals surface area (Å²) in [5.74, 6) is 1.59. The average Bonchev–Trinajstić information content (AvgIpc) is 2.62. The van der Waals surface area contributed by atoms with Crippen LogP contribution in [0.4, 0.5) is 11.5 Å². The first-order valence-electron chi connectivity index (χ1n) is 8.92. The highest BCUT2D eigenvalue weighted by molar-refractivity contribution is 7.80. The molecule has 25 heavy (non-hydrogen) atoms. The third-order valence-electron chi connectivity index (χ3n) is 4.65. The van der Waals surface area contributed by atoms with Gasteiger partial charge >= 0.3 is 0 Å². The maximum atomic E-state index is 5.37. The summed E-state index contributed by atoms with van der Waals surface area (Å²) < 4.78 is 0. The molecular weight excluding hydrogens is 328 g/mol. The molecule has 0 bridgehead atoms. The molecule has 2 heterocycles. The van der Waals surface area contributed by atoms with E-state index in [2.05, 4.69) is 51.7 Å². The number of rotatable bonds is 4. The number of benzene rings is 1. The summed E-state index contributed by atoms with van der Waals surface area (Å²) in [6.07, 6.45) is 4.40. The summed E-state index contributed by atoms with van der Waals surface area (Å²) in [6, 6.07) is 12.7. The SMILES string of the molecule is Cc1cccnc1NC(=S)NCc1ccc(N2CCC[C@H](C)C2)cc1. The van der Waals surface area contributed by atoms with E-state index < -0.39 is 0 Å². The number of aryl methyl sites for hydroxylation is 1. The van der Waals surface area contributed by atoms with E-state index in [1.165, 1.54) is 30.6 Å². The van der Waals surface area contributed by atoms with Crippen LogP contribution < -0.4 is 15.5 Å². The van der Waals surface area contributed by atoms with Crippen LogP contribution in [0.3, 0.4) is 0 Å². The van der Waals surface area contributed by atoms with E-state index in [-0.39, 0.29) is 0 Å². The summed E-state index contributed by atoms with van der Waals surface area (Å²) in [7, 11) is 0. The number of thiocarbonyl (C=S) groups is 1. The van der Waals surface area contributed by atoms with Crippen LogP contribution in [0.2, 0.25) is 0 Å². The van der Waals surface area contributed by atoms with Gasteiger partial charge in [-0.25, -0.2) is 4.98 Å². The van der Waals surface area contributed by atoms with E-state index in [4.69, 9.17) is 12.2 Å². The smallest absolute Gasteiger partial charge is 0.172 e. The summed E-state index contributed by atoms with van der Waals surface area (Å²) in [5.41, 5.74) is 3.61. The minimum absolute atomic E-state index is 0.593. The maximum absolute atomic E-state index is 5.37. The lowest BCUT2D eigenvalue weighted by atomic mass is 9.99. The van der Waals surface area contributed by atoms with Gasteiger partial charge in [0.1, 0.15) is 5.82 Å². The molecule has 1 aliphatic heterocycles. The normalized spacial score (nSPS) is 17.2. The van der Waals surface area contributed by atoms with Crippen molar-refractivity contribution in [2.45, 2.75) is 33.2 Å². The van der Waals surface area contributed by atoms with Gasteiger partial charge in [0, 0.05) is 31.5 Å². The Morgan fingerprint density at radius 3 is 2.80 bits per heavy atom. The van der Waals surface area contributed by atoms with Crippen molar-refractivity contribution in [3.63, 3.8) is 0 Å². The molecule has 4 nitrogen and oxygen atoms in total. The number of hydrogen-bond acceptors (Lipinski definition) is 3. The first kappa shape index (κ1) is 17.7. The van der Waals surface area contributed by atoms with Gasteiger partial charge in [-0.3, -0.25) is 0 Å². The molecule has 2 N–H and O–H groups in total. The number of pyridine rings is 1. The highest BCUT2D eigenvalue weighted by Gasteiger charge is 2.16. The zero-order valence-corrected chi connectivity index (χ0v) is 15.8. The molecule has 1 fully saturated rings. The fraction of sp³-hybridized carbons (Fsp3) is 0.400. The van der Waals surface area contributed by atoms with Gasteiger partial charge < -0.3 is 15.5 Å². The number of piperidine rings is 1. The molecule has 0 saturated carbocycles. The number of hydrogen-bond donors (Lipinski definition) is 2. The van der Waals surface area contributed by atoms with Gasteiger partial charge in [-0.05, 0) is 67.2 Å². The van der Waals surface area contributed by atoms with E-state index >= 15 is 0 Å². The van der Waals surface area contributed by atoms with Crippen molar-refractivity contribution < 1.29 is 0 Å². The molecule has 0 radical (unpaired) electrons. The zero-order valence-electron chi connectivity index (χ0n) is 15.0. The molecule has 2 aromatic rings. The minimum Gasteiger partial charge on any atom is -0.371 e. The van der Waals surface area contributed by atoms with Gasteiger partial charge in [0.25, 0.3) is 0 Å². The summed E-state index contributed by atoms with van der Waals surface area (Å²) in [6.45, 7) is 7.38. The number of aromatic nitrogens is 1. The van der Waals surface area contributed by atoms with E-state index in [1.54, 1.807) is 6.20 Å². The average molecular weight is 355 g/mol. The zero-order chi connectivity index (χ0) is 17.6. The highest BCUT2D eigenvalue weighted by atomic mass is 32.1. The molecule has 1 aromatic heterocycles. The highest BCUT2D eigenvalue weighted by Crippen LogP contribution is 2.23. The Balaban J connectivity index is 1.51. The second-order valence-corrected chi connectivity index (χ2v) is 7.24. The van der Waals surface area contributed by atoms with Crippen LogP contribution >= 0.6 is 12.2 Å². The fourth-order valence-corrected chi connectivity index (χ4v) is 3.37. The molecule has 0 spiro atoms. The third-order valence-corrected chi connectivity index (χ3v) is 4.90.